The normalized spacial score (nSPS) is 19.5. The second kappa shape index (κ2) is 7.94. The molecule has 0 aliphatic heterocycles. The Morgan fingerprint density at radius 3 is 1.94 bits per heavy atom. The van der Waals surface area contributed by atoms with Crippen molar-refractivity contribution in [2.75, 3.05) is 26.7 Å². The molecule has 0 aromatic carbocycles. The molecule has 0 aliphatic rings. The van der Waals surface area contributed by atoms with Gasteiger partial charge in [-0.2, -0.15) is 0 Å². The van der Waals surface area contributed by atoms with Crippen molar-refractivity contribution in [3.8, 4) is 0 Å². The molecule has 0 bridgehead atoms. The highest BCUT2D eigenvalue weighted by Gasteiger charge is 2.30. The van der Waals surface area contributed by atoms with Crippen molar-refractivity contribution in [3.05, 3.63) is 0 Å². The third kappa shape index (κ3) is 5.20. The van der Waals surface area contributed by atoms with Crippen LogP contribution < -0.4 is 0 Å². The van der Waals surface area contributed by atoms with E-state index in [1.54, 1.807) is 7.05 Å². The first kappa shape index (κ1) is 15.8. The summed E-state index contributed by atoms with van der Waals surface area (Å²) in [6, 6.07) is 0. The van der Waals surface area contributed by atoms with Gasteiger partial charge in [0, 0.05) is 6.54 Å². The van der Waals surface area contributed by atoms with Gasteiger partial charge in [-0.05, 0) is 20.0 Å². The van der Waals surface area contributed by atoms with Crippen LogP contribution in [0.3, 0.4) is 0 Å². The SMILES string of the molecule is CCCN(C)CC(O)C(O)C(O)C(O)CO. The van der Waals surface area contributed by atoms with Gasteiger partial charge in [-0.1, -0.05) is 6.92 Å². The molecule has 98 valence electrons. The topological polar surface area (TPSA) is 104 Å². The number of nitrogens with zero attached hydrogens (tertiary/aromatic N) is 1. The zero-order valence-corrected chi connectivity index (χ0v) is 9.82. The highest BCUT2D eigenvalue weighted by molar-refractivity contribution is 4.81. The van der Waals surface area contributed by atoms with Crippen molar-refractivity contribution in [1.82, 2.24) is 4.90 Å². The fourth-order valence-corrected chi connectivity index (χ4v) is 1.46. The van der Waals surface area contributed by atoms with E-state index in [1.807, 2.05) is 11.8 Å². The monoisotopic (exact) mass is 237 g/mol. The van der Waals surface area contributed by atoms with Crippen LogP contribution >= 0.6 is 0 Å². The Morgan fingerprint density at radius 1 is 1.00 bits per heavy atom. The molecule has 0 aromatic heterocycles. The smallest absolute Gasteiger partial charge is 0.111 e. The number of aliphatic hydroxyl groups is 5. The molecule has 0 aromatic rings. The van der Waals surface area contributed by atoms with Crippen molar-refractivity contribution in [3.63, 3.8) is 0 Å². The molecular formula is C10H23NO5. The molecule has 6 nitrogen and oxygen atoms in total. The van der Waals surface area contributed by atoms with E-state index in [2.05, 4.69) is 0 Å². The summed E-state index contributed by atoms with van der Waals surface area (Å²) in [6.45, 7) is 2.30. The second-order valence-electron chi connectivity index (χ2n) is 4.06. The zero-order valence-electron chi connectivity index (χ0n) is 9.82. The molecule has 0 fully saturated rings. The lowest BCUT2D eigenvalue weighted by Crippen LogP contribution is -2.49. The van der Waals surface area contributed by atoms with Crippen molar-refractivity contribution < 1.29 is 25.5 Å². The van der Waals surface area contributed by atoms with E-state index < -0.39 is 31.0 Å². The van der Waals surface area contributed by atoms with Crippen LogP contribution in [0.1, 0.15) is 13.3 Å². The fraction of sp³-hybridized carbons (Fsp3) is 1.00. The van der Waals surface area contributed by atoms with Crippen LogP contribution in [0.4, 0.5) is 0 Å². The molecule has 0 radical (unpaired) electrons. The molecular weight excluding hydrogens is 214 g/mol. The molecule has 4 unspecified atom stereocenters. The van der Waals surface area contributed by atoms with Gasteiger partial charge in [-0.15, -0.1) is 0 Å². The Kier molecular flexibility index (Phi) is 7.82. The molecule has 0 saturated carbocycles. The van der Waals surface area contributed by atoms with Crippen LogP contribution in [-0.4, -0.2) is 81.6 Å². The second-order valence-corrected chi connectivity index (χ2v) is 4.06. The number of hydrogen-bond acceptors (Lipinski definition) is 6. The third-order valence-electron chi connectivity index (χ3n) is 2.43. The van der Waals surface area contributed by atoms with Gasteiger partial charge in [0.05, 0.1) is 12.7 Å². The lowest BCUT2D eigenvalue weighted by Gasteiger charge is -2.28. The first-order valence-corrected chi connectivity index (χ1v) is 5.45. The molecule has 4 atom stereocenters. The number of hydrogen-bond donors (Lipinski definition) is 5. The maximum Gasteiger partial charge on any atom is 0.111 e. The van der Waals surface area contributed by atoms with Crippen molar-refractivity contribution in [1.29, 1.82) is 0 Å². The van der Waals surface area contributed by atoms with Gasteiger partial charge >= 0.3 is 0 Å². The number of likely N-dealkylation sites (N-methyl/N-ethyl adjacent to an activating group) is 1. The van der Waals surface area contributed by atoms with Crippen molar-refractivity contribution in [2.24, 2.45) is 0 Å². The Labute approximate surface area is 95.8 Å². The van der Waals surface area contributed by atoms with E-state index in [9.17, 15) is 15.3 Å². The van der Waals surface area contributed by atoms with Crippen LogP contribution in [0.25, 0.3) is 0 Å². The lowest BCUT2D eigenvalue weighted by atomic mass is 10.0. The quantitative estimate of drug-likeness (QED) is 0.327. The molecule has 0 amide bonds. The van der Waals surface area contributed by atoms with Gasteiger partial charge in [0.15, 0.2) is 0 Å². The molecule has 0 saturated heterocycles. The minimum Gasteiger partial charge on any atom is -0.394 e. The largest absolute Gasteiger partial charge is 0.394 e. The maximum atomic E-state index is 9.59. The van der Waals surface area contributed by atoms with E-state index in [1.165, 1.54) is 0 Å². The molecule has 0 spiro atoms. The summed E-state index contributed by atoms with van der Waals surface area (Å²) in [5, 5.41) is 46.1. The third-order valence-corrected chi connectivity index (χ3v) is 2.43. The summed E-state index contributed by atoms with van der Waals surface area (Å²) >= 11 is 0. The molecule has 5 N–H and O–H groups in total. The highest BCUT2D eigenvalue weighted by Crippen LogP contribution is 2.06. The van der Waals surface area contributed by atoms with E-state index in [0.29, 0.717) is 0 Å². The average molecular weight is 237 g/mol. The first-order chi connectivity index (χ1) is 7.43. The highest BCUT2D eigenvalue weighted by atomic mass is 16.4. The summed E-state index contributed by atoms with van der Waals surface area (Å²) in [4.78, 5) is 1.81. The predicted molar refractivity (Wildman–Crippen MR) is 58.9 cm³/mol. The van der Waals surface area contributed by atoms with Gasteiger partial charge in [0.2, 0.25) is 0 Å². The van der Waals surface area contributed by atoms with E-state index in [-0.39, 0.29) is 6.54 Å². The van der Waals surface area contributed by atoms with Crippen LogP contribution in [0.15, 0.2) is 0 Å². The van der Waals surface area contributed by atoms with Crippen LogP contribution in [0, 0.1) is 0 Å². The average Bonchev–Trinajstić information content (AvgIpc) is 2.26. The van der Waals surface area contributed by atoms with Gasteiger partial charge in [0.1, 0.15) is 18.3 Å². The maximum absolute atomic E-state index is 9.59. The van der Waals surface area contributed by atoms with Gasteiger partial charge in [0.25, 0.3) is 0 Å². The van der Waals surface area contributed by atoms with Crippen molar-refractivity contribution >= 4 is 0 Å². The standard InChI is InChI=1S/C10H23NO5/c1-3-4-11(2)5-7(13)9(15)10(16)8(14)6-12/h7-10,12-16H,3-6H2,1-2H3. The van der Waals surface area contributed by atoms with E-state index >= 15 is 0 Å². The van der Waals surface area contributed by atoms with Gasteiger partial charge in [-0.25, -0.2) is 0 Å². The van der Waals surface area contributed by atoms with Crippen LogP contribution in [0.2, 0.25) is 0 Å². The van der Waals surface area contributed by atoms with Gasteiger partial charge in [-0.3, -0.25) is 0 Å². The summed E-state index contributed by atoms with van der Waals surface area (Å²) in [5.41, 5.74) is 0. The molecule has 0 heterocycles. The Hall–Kier alpha value is -0.240. The number of aliphatic hydroxyl groups excluding tert-OH is 5. The van der Waals surface area contributed by atoms with Crippen molar-refractivity contribution in [2.45, 2.75) is 37.8 Å². The summed E-state index contributed by atoms with van der Waals surface area (Å²) < 4.78 is 0. The van der Waals surface area contributed by atoms with Crippen LogP contribution in [0.5, 0.6) is 0 Å². The first-order valence-electron chi connectivity index (χ1n) is 5.45. The summed E-state index contributed by atoms with van der Waals surface area (Å²) in [6.07, 6.45) is -4.70. The minimum absolute atomic E-state index is 0.199. The van der Waals surface area contributed by atoms with Gasteiger partial charge < -0.3 is 30.4 Å². The Balaban J connectivity index is 4.11. The van der Waals surface area contributed by atoms with E-state index in [4.69, 9.17) is 10.2 Å². The van der Waals surface area contributed by atoms with Crippen LogP contribution in [-0.2, 0) is 0 Å². The molecule has 6 heteroatoms. The number of rotatable bonds is 8. The molecule has 16 heavy (non-hydrogen) atoms. The Morgan fingerprint density at radius 2 is 1.50 bits per heavy atom. The molecule has 0 rings (SSSR count). The predicted octanol–water partition coefficient (Wildman–Crippen LogP) is -2.24. The zero-order chi connectivity index (χ0) is 12.7. The summed E-state index contributed by atoms with van der Waals surface area (Å²) in [7, 11) is 1.79. The Bertz CT molecular complexity index is 181. The fourth-order valence-electron chi connectivity index (χ4n) is 1.46. The van der Waals surface area contributed by atoms with E-state index in [0.717, 1.165) is 13.0 Å². The molecule has 0 aliphatic carbocycles. The lowest BCUT2D eigenvalue weighted by molar-refractivity contribution is -0.118. The minimum atomic E-state index is -1.55. The summed E-state index contributed by atoms with van der Waals surface area (Å²) in [5.74, 6) is 0.